The third-order valence-corrected chi connectivity index (χ3v) is 6.01. The van der Waals surface area contributed by atoms with Gasteiger partial charge in [0.2, 0.25) is 0 Å². The first-order valence-corrected chi connectivity index (χ1v) is 10.6. The van der Waals surface area contributed by atoms with Crippen molar-refractivity contribution in [3.05, 3.63) is 84.4 Å². The zero-order valence-corrected chi connectivity index (χ0v) is 18.4. The van der Waals surface area contributed by atoms with Crippen molar-refractivity contribution in [2.45, 2.75) is 12.8 Å². The smallest absolute Gasteiger partial charge is 0.416 e. The monoisotopic (exact) mass is 510 g/mol. The second-order valence-electron chi connectivity index (χ2n) is 7.12. The first-order valence-electron chi connectivity index (χ1n) is 9.68. The molecule has 0 spiro atoms. The first kappa shape index (κ1) is 24.0. The van der Waals surface area contributed by atoms with Crippen LogP contribution in [0.2, 0.25) is 0 Å². The molecule has 0 amide bonds. The number of alkyl halides is 3. The number of carboxylic acid groups (broad SMARTS) is 1. The van der Waals surface area contributed by atoms with E-state index in [1.807, 2.05) is 0 Å². The summed E-state index contributed by atoms with van der Waals surface area (Å²) < 4.78 is 65.8. The highest BCUT2D eigenvalue weighted by atomic mass is 32.1. The van der Waals surface area contributed by atoms with Gasteiger partial charge in [0.05, 0.1) is 29.3 Å². The molecule has 0 aliphatic heterocycles. The van der Waals surface area contributed by atoms with Gasteiger partial charge in [-0.05, 0) is 24.3 Å². The molecule has 2 heterocycles. The Morgan fingerprint density at radius 1 is 1.20 bits per heavy atom. The van der Waals surface area contributed by atoms with Gasteiger partial charge in [-0.3, -0.25) is 4.79 Å². The van der Waals surface area contributed by atoms with Gasteiger partial charge in [-0.1, -0.05) is 6.07 Å². The van der Waals surface area contributed by atoms with Gasteiger partial charge in [-0.15, -0.1) is 11.3 Å². The van der Waals surface area contributed by atoms with E-state index in [-0.39, 0.29) is 32.8 Å². The number of fused-ring (bicyclic) bond motifs is 1. The predicted octanol–water partition coefficient (Wildman–Crippen LogP) is 4.18. The molecular weight excluding hydrogens is 496 g/mol. The molecule has 2 aromatic heterocycles. The molecule has 2 aromatic carbocycles. The van der Waals surface area contributed by atoms with E-state index in [4.69, 9.17) is 9.47 Å². The summed E-state index contributed by atoms with van der Waals surface area (Å²) in [6, 6.07) is 6.26. The maximum atomic E-state index is 14.7. The summed E-state index contributed by atoms with van der Waals surface area (Å²) in [6.07, 6.45) is -4.69. The predicted molar refractivity (Wildman–Crippen MR) is 117 cm³/mol. The number of H-pyrrole nitrogens is 1. The summed E-state index contributed by atoms with van der Waals surface area (Å²) in [5.41, 5.74) is -4.03. The van der Waals surface area contributed by atoms with Gasteiger partial charge < -0.3 is 19.6 Å². The highest BCUT2D eigenvalue weighted by Crippen LogP contribution is 2.36. The summed E-state index contributed by atoms with van der Waals surface area (Å²) in [5, 5.41) is 10.3. The van der Waals surface area contributed by atoms with Gasteiger partial charge in [-0.25, -0.2) is 18.5 Å². The molecule has 182 valence electrons. The maximum absolute atomic E-state index is 14.7. The molecule has 4 rings (SSSR count). The quantitative estimate of drug-likeness (QED) is 0.377. The summed E-state index contributed by atoms with van der Waals surface area (Å²) in [6.45, 7) is -0.623. The van der Waals surface area contributed by atoms with Crippen molar-refractivity contribution in [3.63, 3.8) is 0 Å². The minimum atomic E-state index is -4.69. The van der Waals surface area contributed by atoms with Crippen molar-refractivity contribution in [2.24, 2.45) is 0 Å². The van der Waals surface area contributed by atoms with Gasteiger partial charge in [0.15, 0.2) is 0 Å². The Morgan fingerprint density at radius 3 is 2.60 bits per heavy atom. The molecule has 0 unspecified atom stereocenters. The molecular formula is C22H14F4N2O6S. The van der Waals surface area contributed by atoms with E-state index in [1.54, 1.807) is 0 Å². The SMILES string of the molecule is COc1cccc(C(F)(F)F)c1COc1ccc(F)c(-n2c(=O)[nH]c3csc(C(=O)O)c3c2=O)c1. The highest BCUT2D eigenvalue weighted by molar-refractivity contribution is 7.13. The van der Waals surface area contributed by atoms with E-state index in [9.17, 15) is 37.1 Å². The van der Waals surface area contributed by atoms with Gasteiger partial charge in [0.25, 0.3) is 5.56 Å². The third-order valence-electron chi connectivity index (χ3n) is 5.05. The zero-order chi connectivity index (χ0) is 25.5. The van der Waals surface area contributed by atoms with E-state index in [0.29, 0.717) is 15.9 Å². The highest BCUT2D eigenvalue weighted by Gasteiger charge is 2.34. The van der Waals surface area contributed by atoms with Crippen LogP contribution in [-0.4, -0.2) is 27.7 Å². The fraction of sp³-hybridized carbons (Fsp3) is 0.136. The Labute approximate surface area is 196 Å². The second-order valence-corrected chi connectivity index (χ2v) is 8.00. The number of thiophene rings is 1. The number of carboxylic acids is 1. The number of nitrogens with zero attached hydrogens (tertiary/aromatic N) is 1. The van der Waals surface area contributed by atoms with Crippen LogP contribution in [0.5, 0.6) is 11.5 Å². The molecule has 0 aliphatic rings. The Kier molecular flexibility index (Phi) is 6.11. The van der Waals surface area contributed by atoms with Crippen LogP contribution in [0.3, 0.4) is 0 Å². The summed E-state index contributed by atoms with van der Waals surface area (Å²) in [7, 11) is 1.19. The van der Waals surface area contributed by atoms with Crippen molar-refractivity contribution in [1.82, 2.24) is 9.55 Å². The number of rotatable bonds is 6. The topological polar surface area (TPSA) is 111 Å². The molecule has 8 nitrogen and oxygen atoms in total. The molecule has 13 heteroatoms. The third kappa shape index (κ3) is 4.37. The van der Waals surface area contributed by atoms with Gasteiger partial charge in [-0.2, -0.15) is 13.2 Å². The first-order chi connectivity index (χ1) is 16.5. The Balaban J connectivity index is 1.78. The molecule has 0 saturated carbocycles. The number of aromatic carboxylic acids is 1. The van der Waals surface area contributed by atoms with Crippen molar-refractivity contribution in [3.8, 4) is 17.2 Å². The minimum absolute atomic E-state index is 0.0256. The van der Waals surface area contributed by atoms with E-state index >= 15 is 0 Å². The lowest BCUT2D eigenvalue weighted by atomic mass is 10.1. The number of hydrogen-bond donors (Lipinski definition) is 2. The molecule has 4 aromatic rings. The Morgan fingerprint density at radius 2 is 1.94 bits per heavy atom. The molecule has 35 heavy (non-hydrogen) atoms. The molecule has 0 aliphatic carbocycles. The number of hydrogen-bond acceptors (Lipinski definition) is 6. The largest absolute Gasteiger partial charge is 0.496 e. The van der Waals surface area contributed by atoms with Gasteiger partial charge in [0, 0.05) is 17.0 Å². The lowest BCUT2D eigenvalue weighted by Gasteiger charge is -2.17. The number of benzene rings is 2. The van der Waals surface area contributed by atoms with Crippen LogP contribution in [0.4, 0.5) is 17.6 Å². The summed E-state index contributed by atoms with van der Waals surface area (Å²) >= 11 is 0.712. The van der Waals surface area contributed by atoms with E-state index < -0.39 is 47.1 Å². The number of carbonyl (C=O) groups is 1. The van der Waals surface area contributed by atoms with Gasteiger partial charge >= 0.3 is 17.8 Å². The van der Waals surface area contributed by atoms with Crippen molar-refractivity contribution in [2.75, 3.05) is 7.11 Å². The zero-order valence-electron chi connectivity index (χ0n) is 17.6. The van der Waals surface area contributed by atoms with Crippen LogP contribution in [0.1, 0.15) is 20.8 Å². The molecule has 0 saturated heterocycles. The number of aromatic nitrogens is 2. The van der Waals surface area contributed by atoms with E-state index in [0.717, 1.165) is 24.3 Å². The summed E-state index contributed by atoms with van der Waals surface area (Å²) in [5.74, 6) is -2.67. The molecule has 0 bridgehead atoms. The van der Waals surface area contributed by atoms with Crippen molar-refractivity contribution < 1.29 is 36.9 Å². The van der Waals surface area contributed by atoms with Crippen molar-refractivity contribution in [1.29, 1.82) is 0 Å². The lowest BCUT2D eigenvalue weighted by Crippen LogP contribution is -2.34. The van der Waals surface area contributed by atoms with Crippen LogP contribution >= 0.6 is 11.3 Å². The van der Waals surface area contributed by atoms with Crippen LogP contribution in [0.25, 0.3) is 16.6 Å². The van der Waals surface area contributed by atoms with E-state index in [1.165, 1.54) is 24.6 Å². The van der Waals surface area contributed by atoms with Crippen LogP contribution in [-0.2, 0) is 12.8 Å². The molecule has 2 N–H and O–H groups in total. The van der Waals surface area contributed by atoms with Crippen LogP contribution in [0.15, 0.2) is 51.4 Å². The maximum Gasteiger partial charge on any atom is 0.416 e. The van der Waals surface area contributed by atoms with Gasteiger partial charge in [0.1, 0.15) is 28.8 Å². The number of methoxy groups -OCH3 is 1. The molecule has 0 radical (unpaired) electrons. The van der Waals surface area contributed by atoms with Crippen molar-refractivity contribution >= 4 is 28.2 Å². The fourth-order valence-electron chi connectivity index (χ4n) is 3.49. The fourth-order valence-corrected chi connectivity index (χ4v) is 4.32. The van der Waals surface area contributed by atoms with Crippen LogP contribution < -0.4 is 20.7 Å². The number of aromatic amines is 1. The second kappa shape index (κ2) is 8.91. The minimum Gasteiger partial charge on any atom is -0.496 e. The standard InChI is InChI=1S/C22H14F4N2O6S/c1-33-16-4-2-3-12(22(24,25)26)11(16)8-34-10-5-6-13(23)15(7-10)28-19(29)17-14(27-21(28)32)9-35-18(17)20(30)31/h2-7,9H,8H2,1H3,(H,27,32)(H,30,31). The molecule has 0 fully saturated rings. The van der Waals surface area contributed by atoms with E-state index in [2.05, 4.69) is 4.98 Å². The summed E-state index contributed by atoms with van der Waals surface area (Å²) in [4.78, 5) is 38.9. The molecule has 0 atom stereocenters. The average Bonchev–Trinajstić information content (AvgIpc) is 3.22. The Bertz CT molecular complexity index is 1570. The lowest BCUT2D eigenvalue weighted by molar-refractivity contribution is -0.138. The Hall–Kier alpha value is -4.13. The van der Waals surface area contributed by atoms with Crippen LogP contribution in [0, 0.1) is 5.82 Å². The number of halogens is 4. The number of nitrogens with one attached hydrogen (secondary N) is 1. The normalized spacial score (nSPS) is 11.6. The average molecular weight is 510 g/mol. The number of ether oxygens (including phenoxy) is 2.